The lowest BCUT2D eigenvalue weighted by Crippen LogP contribution is -2.37. The minimum absolute atomic E-state index is 1.05. The molecule has 0 N–H and O–H groups in total. The highest BCUT2D eigenvalue weighted by atomic mass is 28.3. The average Bonchev–Trinajstić information content (AvgIpc) is 2.43. The van der Waals surface area contributed by atoms with Crippen LogP contribution < -0.4 is 5.19 Å². The molecule has 0 nitrogen and oxygen atoms in total. The van der Waals surface area contributed by atoms with Crippen molar-refractivity contribution in [2.75, 3.05) is 0 Å². The van der Waals surface area contributed by atoms with Crippen LogP contribution in [0.4, 0.5) is 0 Å². The SMILES string of the molecule is C/C(C#Cc1ccc([Si](C)(C)C)cc1)=C/C=C\C#C[Si](C)(C)C. The molecule has 1 aromatic carbocycles. The Bertz CT molecular complexity index is 698. The van der Waals surface area contributed by atoms with E-state index in [1.165, 1.54) is 5.19 Å². The largest absolute Gasteiger partial charge is 0.129 e. The molecule has 1 rings (SSSR count). The highest BCUT2D eigenvalue weighted by Gasteiger charge is 2.15. The zero-order valence-corrected chi connectivity index (χ0v) is 17.5. The predicted octanol–water partition coefficient (Wildman–Crippen LogP) is 4.97. The Kier molecular flexibility index (Phi) is 6.88. The molecule has 0 bridgehead atoms. The summed E-state index contributed by atoms with van der Waals surface area (Å²) < 4.78 is 0. The van der Waals surface area contributed by atoms with Crippen molar-refractivity contribution in [1.29, 1.82) is 0 Å². The van der Waals surface area contributed by atoms with Gasteiger partial charge < -0.3 is 0 Å². The van der Waals surface area contributed by atoms with Gasteiger partial charge in [-0.3, -0.25) is 0 Å². The lowest BCUT2D eigenvalue weighted by molar-refractivity contribution is 1.57. The zero-order valence-electron chi connectivity index (χ0n) is 15.5. The summed E-state index contributed by atoms with van der Waals surface area (Å²) in [4.78, 5) is 0. The molecule has 0 aliphatic heterocycles. The fraction of sp³-hybridized carbons (Fsp3) is 0.333. The molecule has 0 aromatic heterocycles. The van der Waals surface area contributed by atoms with E-state index in [9.17, 15) is 0 Å². The molecule has 0 aliphatic carbocycles. The van der Waals surface area contributed by atoms with Crippen LogP contribution in [0.1, 0.15) is 12.5 Å². The quantitative estimate of drug-likeness (QED) is 0.406. The molecule has 2 heteroatoms. The molecule has 0 saturated heterocycles. The summed E-state index contributed by atoms with van der Waals surface area (Å²) in [5.74, 6) is 9.54. The van der Waals surface area contributed by atoms with E-state index in [1.54, 1.807) is 0 Å². The van der Waals surface area contributed by atoms with Crippen molar-refractivity contribution in [2.45, 2.75) is 46.2 Å². The van der Waals surface area contributed by atoms with Crippen molar-refractivity contribution in [1.82, 2.24) is 0 Å². The third-order valence-corrected chi connectivity index (χ3v) is 6.09. The van der Waals surface area contributed by atoms with Gasteiger partial charge >= 0.3 is 0 Å². The number of benzene rings is 1. The van der Waals surface area contributed by atoms with Crippen molar-refractivity contribution < 1.29 is 0 Å². The Balaban J connectivity index is 2.73. The normalized spacial score (nSPS) is 12.4. The van der Waals surface area contributed by atoms with Gasteiger partial charge in [0.25, 0.3) is 0 Å². The van der Waals surface area contributed by atoms with Gasteiger partial charge in [-0.25, -0.2) is 0 Å². The summed E-state index contributed by atoms with van der Waals surface area (Å²) in [5, 5.41) is 1.47. The molecule has 0 aliphatic rings. The van der Waals surface area contributed by atoms with Crippen LogP contribution in [-0.2, 0) is 0 Å². The predicted molar refractivity (Wildman–Crippen MR) is 110 cm³/mol. The molecule has 0 radical (unpaired) electrons. The lowest BCUT2D eigenvalue weighted by atomic mass is 10.2. The summed E-state index contributed by atoms with van der Waals surface area (Å²) in [6, 6.07) is 8.70. The Morgan fingerprint density at radius 1 is 0.957 bits per heavy atom. The summed E-state index contributed by atoms with van der Waals surface area (Å²) >= 11 is 0. The van der Waals surface area contributed by atoms with E-state index >= 15 is 0 Å². The van der Waals surface area contributed by atoms with Crippen molar-refractivity contribution in [3.8, 4) is 23.3 Å². The first kappa shape index (κ1) is 19.3. The Hall–Kier alpha value is -1.75. The number of allylic oxidation sites excluding steroid dienone is 4. The topological polar surface area (TPSA) is 0 Å². The van der Waals surface area contributed by atoms with Crippen LogP contribution in [0.3, 0.4) is 0 Å². The second-order valence-electron chi connectivity index (χ2n) is 7.81. The molecule has 0 amide bonds. The van der Waals surface area contributed by atoms with E-state index in [4.69, 9.17) is 0 Å². The molecule has 120 valence electrons. The fourth-order valence-electron chi connectivity index (χ4n) is 1.76. The monoisotopic (exact) mass is 336 g/mol. The van der Waals surface area contributed by atoms with Crippen molar-refractivity contribution >= 4 is 21.3 Å². The van der Waals surface area contributed by atoms with E-state index < -0.39 is 16.1 Å². The van der Waals surface area contributed by atoms with Crippen LogP contribution in [0.15, 0.2) is 48.1 Å². The van der Waals surface area contributed by atoms with Crippen LogP contribution >= 0.6 is 0 Å². The summed E-state index contributed by atoms with van der Waals surface area (Å²) in [5.41, 5.74) is 5.43. The molecule has 0 saturated carbocycles. The first-order valence-corrected chi connectivity index (χ1v) is 15.1. The van der Waals surface area contributed by atoms with Gasteiger partial charge in [0.2, 0.25) is 0 Å². The van der Waals surface area contributed by atoms with Crippen molar-refractivity contribution in [3.05, 3.63) is 53.6 Å². The van der Waals surface area contributed by atoms with Gasteiger partial charge in [0.15, 0.2) is 0 Å². The molecule has 0 atom stereocenters. The maximum atomic E-state index is 3.31. The zero-order chi connectivity index (χ0) is 17.5. The first-order chi connectivity index (χ1) is 10.6. The smallest absolute Gasteiger partial charge is 0.127 e. The Morgan fingerprint density at radius 3 is 2.09 bits per heavy atom. The second-order valence-corrected chi connectivity index (χ2v) is 17.6. The Labute approximate surface area is 144 Å². The second kappa shape index (κ2) is 8.20. The maximum Gasteiger partial charge on any atom is 0.129 e. The van der Waals surface area contributed by atoms with E-state index in [0.717, 1.165) is 11.1 Å². The average molecular weight is 337 g/mol. The molecular formula is C21H28Si2. The van der Waals surface area contributed by atoms with Gasteiger partial charge in [-0.1, -0.05) is 86.5 Å². The van der Waals surface area contributed by atoms with Gasteiger partial charge in [-0.15, -0.1) is 5.54 Å². The van der Waals surface area contributed by atoms with Crippen LogP contribution in [0.2, 0.25) is 39.3 Å². The van der Waals surface area contributed by atoms with Crippen LogP contribution in [0, 0.1) is 23.3 Å². The minimum Gasteiger partial charge on any atom is -0.127 e. The van der Waals surface area contributed by atoms with Gasteiger partial charge in [0, 0.05) is 5.56 Å². The Morgan fingerprint density at radius 2 is 1.57 bits per heavy atom. The molecule has 1 aromatic rings. The maximum absolute atomic E-state index is 3.31. The molecular weight excluding hydrogens is 308 g/mol. The molecule has 0 spiro atoms. The summed E-state index contributed by atoms with van der Waals surface area (Å²) in [6.45, 7) is 15.8. The number of hydrogen-bond acceptors (Lipinski definition) is 0. The summed E-state index contributed by atoms with van der Waals surface area (Å²) in [6.07, 6.45) is 5.90. The van der Waals surface area contributed by atoms with Gasteiger partial charge in [-0.05, 0) is 30.7 Å². The van der Waals surface area contributed by atoms with Gasteiger partial charge in [0.05, 0.1) is 8.07 Å². The number of rotatable bonds is 2. The lowest BCUT2D eigenvalue weighted by Gasteiger charge is -2.15. The van der Waals surface area contributed by atoms with Crippen molar-refractivity contribution in [2.24, 2.45) is 0 Å². The number of hydrogen-bond donors (Lipinski definition) is 0. The third-order valence-electron chi connectivity index (χ3n) is 3.13. The van der Waals surface area contributed by atoms with Crippen molar-refractivity contribution in [3.63, 3.8) is 0 Å². The van der Waals surface area contributed by atoms with E-state index in [1.807, 2.05) is 25.2 Å². The van der Waals surface area contributed by atoms with Crippen LogP contribution in [-0.4, -0.2) is 16.1 Å². The standard InChI is InChI=1S/C21H28Si2/c1-19(11-9-8-10-18-22(2,3)4)12-13-20-14-16-21(17-15-20)23(5,6)7/h8-9,11,14-17H,1-7H3/b9-8-,19-11-. The van der Waals surface area contributed by atoms with Crippen LogP contribution in [0.25, 0.3) is 0 Å². The van der Waals surface area contributed by atoms with Gasteiger partial charge in [-0.2, -0.15) is 0 Å². The highest BCUT2D eigenvalue weighted by molar-refractivity contribution is 6.88. The van der Waals surface area contributed by atoms with Crippen LogP contribution in [0.5, 0.6) is 0 Å². The molecule has 0 unspecified atom stereocenters. The highest BCUT2D eigenvalue weighted by Crippen LogP contribution is 2.04. The fourth-order valence-corrected chi connectivity index (χ4v) is 3.45. The van der Waals surface area contributed by atoms with E-state index in [-0.39, 0.29) is 0 Å². The van der Waals surface area contributed by atoms with Gasteiger partial charge in [0.1, 0.15) is 8.07 Å². The first-order valence-electron chi connectivity index (χ1n) is 8.07. The molecule has 23 heavy (non-hydrogen) atoms. The molecule has 0 fully saturated rings. The van der Waals surface area contributed by atoms with E-state index in [0.29, 0.717) is 0 Å². The minimum atomic E-state index is -1.27. The molecule has 0 heterocycles. The van der Waals surface area contributed by atoms with E-state index in [2.05, 4.69) is 86.9 Å². The third kappa shape index (κ3) is 8.45. The summed E-state index contributed by atoms with van der Waals surface area (Å²) in [7, 11) is -2.49.